The van der Waals surface area contributed by atoms with Crippen molar-refractivity contribution in [1.82, 2.24) is 9.97 Å². The lowest BCUT2D eigenvalue weighted by atomic mass is 10.5. The van der Waals surface area contributed by atoms with Gasteiger partial charge in [0.05, 0.1) is 32.2 Å². The highest BCUT2D eigenvalue weighted by molar-refractivity contribution is 5.32. The quantitative estimate of drug-likeness (QED) is 0.636. The van der Waals surface area contributed by atoms with E-state index in [2.05, 4.69) is 22.2 Å². The van der Waals surface area contributed by atoms with Crippen molar-refractivity contribution in [3.05, 3.63) is 12.4 Å². The van der Waals surface area contributed by atoms with Crippen LogP contribution in [0, 0.1) is 0 Å². The van der Waals surface area contributed by atoms with Crippen LogP contribution in [-0.4, -0.2) is 50.1 Å². The molecule has 6 heteroatoms. The third-order valence-corrected chi connectivity index (χ3v) is 2.08. The maximum absolute atomic E-state index is 5.43. The third-order valence-electron chi connectivity index (χ3n) is 2.08. The van der Waals surface area contributed by atoms with Crippen LogP contribution < -0.4 is 10.1 Å². The van der Waals surface area contributed by atoms with Gasteiger partial charge < -0.3 is 19.5 Å². The van der Waals surface area contributed by atoms with Gasteiger partial charge in [0.2, 0.25) is 5.88 Å². The van der Waals surface area contributed by atoms with Crippen LogP contribution in [-0.2, 0) is 9.47 Å². The number of hydrogen-bond donors (Lipinski definition) is 1. The zero-order valence-electron chi connectivity index (χ0n) is 11.0. The molecule has 0 saturated carbocycles. The fourth-order valence-electron chi connectivity index (χ4n) is 1.21. The highest BCUT2D eigenvalue weighted by Crippen LogP contribution is 2.08. The summed E-state index contributed by atoms with van der Waals surface area (Å²) in [7, 11) is 1.64. The topological polar surface area (TPSA) is 65.5 Å². The fourth-order valence-corrected chi connectivity index (χ4v) is 1.21. The lowest BCUT2D eigenvalue weighted by molar-refractivity contribution is 0.0536. The molecule has 6 nitrogen and oxygen atoms in total. The lowest BCUT2D eigenvalue weighted by Gasteiger charge is -2.08. The molecule has 1 heterocycles. The van der Waals surface area contributed by atoms with Crippen molar-refractivity contribution < 1.29 is 14.2 Å². The zero-order valence-corrected chi connectivity index (χ0v) is 11.0. The summed E-state index contributed by atoms with van der Waals surface area (Å²) in [6.07, 6.45) is 4.31. The number of hydrogen-bond acceptors (Lipinski definition) is 6. The molecule has 18 heavy (non-hydrogen) atoms. The van der Waals surface area contributed by atoms with Gasteiger partial charge in [-0.25, -0.2) is 0 Å². The van der Waals surface area contributed by atoms with Crippen LogP contribution in [0.25, 0.3) is 0 Å². The Labute approximate surface area is 108 Å². The Hall–Kier alpha value is -1.40. The second kappa shape index (κ2) is 9.61. The van der Waals surface area contributed by atoms with E-state index in [-0.39, 0.29) is 0 Å². The van der Waals surface area contributed by atoms with Crippen molar-refractivity contribution in [1.29, 1.82) is 0 Å². The predicted octanol–water partition coefficient (Wildman–Crippen LogP) is 1.34. The molecule has 0 unspecified atom stereocenters. The Kier molecular flexibility index (Phi) is 7.83. The summed E-state index contributed by atoms with van der Waals surface area (Å²) in [5.74, 6) is 1.24. The number of nitrogens with one attached hydrogen (secondary N) is 1. The summed E-state index contributed by atoms with van der Waals surface area (Å²) in [6.45, 7) is 5.10. The molecule has 0 radical (unpaired) electrons. The fraction of sp³-hybridized carbons (Fsp3) is 0.667. The number of aromatic nitrogens is 2. The average Bonchev–Trinajstić information content (AvgIpc) is 2.41. The molecule has 1 aromatic rings. The smallest absolute Gasteiger partial charge is 0.234 e. The minimum Gasteiger partial charge on any atom is -0.474 e. The first-order valence-corrected chi connectivity index (χ1v) is 6.12. The molecule has 0 aliphatic heterocycles. The SMILES string of the molecule is CCCNc1cncc(OCCOCCOC)n1. The van der Waals surface area contributed by atoms with Gasteiger partial charge in [-0.3, -0.25) is 4.98 Å². The first-order chi connectivity index (χ1) is 8.86. The van der Waals surface area contributed by atoms with Crippen molar-refractivity contribution in [2.75, 3.05) is 45.4 Å². The number of nitrogens with zero attached hydrogens (tertiary/aromatic N) is 2. The molecule has 1 rings (SSSR count). The van der Waals surface area contributed by atoms with Gasteiger partial charge >= 0.3 is 0 Å². The molecule has 0 fully saturated rings. The Morgan fingerprint density at radius 1 is 1.17 bits per heavy atom. The highest BCUT2D eigenvalue weighted by atomic mass is 16.5. The Morgan fingerprint density at radius 2 is 2.00 bits per heavy atom. The van der Waals surface area contributed by atoms with E-state index in [9.17, 15) is 0 Å². The van der Waals surface area contributed by atoms with Gasteiger partial charge in [-0.05, 0) is 6.42 Å². The van der Waals surface area contributed by atoms with E-state index in [1.54, 1.807) is 19.5 Å². The zero-order chi connectivity index (χ0) is 13.1. The first kappa shape index (κ1) is 14.7. The largest absolute Gasteiger partial charge is 0.474 e. The summed E-state index contributed by atoms with van der Waals surface area (Å²) in [4.78, 5) is 8.32. The molecule has 0 aliphatic carbocycles. The van der Waals surface area contributed by atoms with Crippen molar-refractivity contribution in [3.63, 3.8) is 0 Å². The third kappa shape index (κ3) is 6.36. The Morgan fingerprint density at radius 3 is 2.78 bits per heavy atom. The van der Waals surface area contributed by atoms with E-state index in [1.165, 1.54) is 0 Å². The van der Waals surface area contributed by atoms with Crippen LogP contribution in [0.1, 0.15) is 13.3 Å². The van der Waals surface area contributed by atoms with Gasteiger partial charge in [0.1, 0.15) is 12.4 Å². The lowest BCUT2D eigenvalue weighted by Crippen LogP contribution is -2.11. The highest BCUT2D eigenvalue weighted by Gasteiger charge is 1.99. The van der Waals surface area contributed by atoms with Crippen molar-refractivity contribution >= 4 is 5.82 Å². The molecule has 0 aliphatic rings. The van der Waals surface area contributed by atoms with E-state index in [1.807, 2.05) is 0 Å². The van der Waals surface area contributed by atoms with Crippen LogP contribution in [0.15, 0.2) is 12.4 Å². The number of rotatable bonds is 10. The normalized spacial score (nSPS) is 10.3. The molecule has 1 aromatic heterocycles. The monoisotopic (exact) mass is 255 g/mol. The molecule has 0 atom stereocenters. The van der Waals surface area contributed by atoms with Gasteiger partial charge in [-0.1, -0.05) is 6.92 Å². The van der Waals surface area contributed by atoms with E-state index >= 15 is 0 Å². The molecule has 1 N–H and O–H groups in total. The van der Waals surface area contributed by atoms with E-state index < -0.39 is 0 Å². The maximum Gasteiger partial charge on any atom is 0.234 e. The van der Waals surface area contributed by atoms with Gasteiger partial charge in [0.15, 0.2) is 0 Å². The van der Waals surface area contributed by atoms with Crippen LogP contribution in [0.4, 0.5) is 5.82 Å². The molecule has 0 saturated heterocycles. The molecule has 102 valence electrons. The van der Waals surface area contributed by atoms with E-state index in [0.717, 1.165) is 18.8 Å². The number of ether oxygens (including phenoxy) is 3. The summed E-state index contributed by atoms with van der Waals surface area (Å²) in [5.41, 5.74) is 0. The second-order valence-corrected chi connectivity index (χ2v) is 3.62. The number of anilines is 1. The molecular weight excluding hydrogens is 234 g/mol. The van der Waals surface area contributed by atoms with Gasteiger partial charge in [-0.2, -0.15) is 4.98 Å². The minimum atomic E-state index is 0.454. The van der Waals surface area contributed by atoms with Crippen LogP contribution in [0.3, 0.4) is 0 Å². The molecule has 0 aromatic carbocycles. The summed E-state index contributed by atoms with van der Waals surface area (Å²) < 4.78 is 15.6. The summed E-state index contributed by atoms with van der Waals surface area (Å²) in [5, 5.41) is 3.15. The standard InChI is InChI=1S/C12H21N3O3/c1-3-4-14-11-9-13-10-12(15-11)18-8-7-17-6-5-16-2/h9-10H,3-8H2,1-2H3,(H,14,15). The molecule has 0 amide bonds. The number of methoxy groups -OCH3 is 1. The van der Waals surface area contributed by atoms with E-state index in [0.29, 0.717) is 32.3 Å². The van der Waals surface area contributed by atoms with Gasteiger partial charge in [0.25, 0.3) is 0 Å². The minimum absolute atomic E-state index is 0.454. The molecule has 0 spiro atoms. The molecule has 0 bridgehead atoms. The maximum atomic E-state index is 5.43. The molecular formula is C12H21N3O3. The van der Waals surface area contributed by atoms with Crippen molar-refractivity contribution in [3.8, 4) is 5.88 Å². The van der Waals surface area contributed by atoms with Crippen LogP contribution in [0.2, 0.25) is 0 Å². The van der Waals surface area contributed by atoms with Gasteiger partial charge in [-0.15, -0.1) is 0 Å². The predicted molar refractivity (Wildman–Crippen MR) is 69.0 cm³/mol. The van der Waals surface area contributed by atoms with Crippen LogP contribution >= 0.6 is 0 Å². The summed E-state index contributed by atoms with van der Waals surface area (Å²) >= 11 is 0. The second-order valence-electron chi connectivity index (χ2n) is 3.62. The van der Waals surface area contributed by atoms with Crippen molar-refractivity contribution in [2.45, 2.75) is 13.3 Å². The van der Waals surface area contributed by atoms with Crippen LogP contribution in [0.5, 0.6) is 5.88 Å². The Bertz CT molecular complexity index is 323. The summed E-state index contributed by atoms with van der Waals surface area (Å²) in [6, 6.07) is 0. The van der Waals surface area contributed by atoms with Gasteiger partial charge in [0, 0.05) is 13.7 Å². The Balaban J connectivity index is 2.20. The first-order valence-electron chi connectivity index (χ1n) is 6.12. The average molecular weight is 255 g/mol. The van der Waals surface area contributed by atoms with E-state index in [4.69, 9.17) is 14.2 Å². The van der Waals surface area contributed by atoms with Crippen molar-refractivity contribution in [2.24, 2.45) is 0 Å².